The fourth-order valence-electron chi connectivity index (χ4n) is 6.43. The summed E-state index contributed by atoms with van der Waals surface area (Å²) in [5.74, 6) is 0.198. The lowest BCUT2D eigenvalue weighted by molar-refractivity contribution is 0.305. The summed E-state index contributed by atoms with van der Waals surface area (Å²) in [6, 6.07) is 0. The van der Waals surface area contributed by atoms with Gasteiger partial charge in [0, 0.05) is 0 Å². The predicted molar refractivity (Wildman–Crippen MR) is 197 cm³/mol. The Kier molecular flexibility index (Phi) is 37.3. The molecule has 0 aromatic heterocycles. The molecule has 0 spiro atoms. The quantitative estimate of drug-likeness (QED) is 0.0495. The molecule has 0 N–H and O–H groups in total. The molecule has 0 aromatic carbocycles. The van der Waals surface area contributed by atoms with Gasteiger partial charge in [-0.3, -0.25) is 4.18 Å². The van der Waals surface area contributed by atoms with Crippen LogP contribution in [0.1, 0.15) is 245 Å². The van der Waals surface area contributed by atoms with Crippen LogP contribution in [0.5, 0.6) is 0 Å². The minimum absolute atomic E-state index is 0.198. The smallest absolute Gasteiger partial charge is 0.267 e. The van der Waals surface area contributed by atoms with Crippen molar-refractivity contribution in [3.05, 3.63) is 0 Å². The Balaban J connectivity index is 3.22. The number of unbranched alkanes of at least 4 members (excludes halogenated alkanes) is 34. The van der Waals surface area contributed by atoms with Crippen molar-refractivity contribution in [1.82, 2.24) is 0 Å². The fraction of sp³-hybridized carbons (Fsp3) is 1.00. The molecule has 44 heavy (non-hydrogen) atoms. The normalized spacial score (nSPS) is 12.0. The molecule has 0 aliphatic rings. The van der Waals surface area contributed by atoms with Gasteiger partial charge in [0.05, 0.1) is 12.4 Å². The highest BCUT2D eigenvalue weighted by Crippen LogP contribution is 2.16. The van der Waals surface area contributed by atoms with Gasteiger partial charge in [-0.15, -0.1) is 0 Å². The molecule has 0 unspecified atom stereocenters. The molecule has 0 saturated heterocycles. The van der Waals surface area contributed by atoms with Crippen molar-refractivity contribution in [2.75, 3.05) is 12.4 Å². The average molecular weight is 643 g/mol. The van der Waals surface area contributed by atoms with E-state index in [1.54, 1.807) is 0 Å². The molecule has 0 bridgehead atoms. The third-order valence-electron chi connectivity index (χ3n) is 9.51. The second-order valence-corrected chi connectivity index (χ2v) is 15.9. The highest BCUT2D eigenvalue weighted by molar-refractivity contribution is 7.86. The minimum Gasteiger partial charge on any atom is -0.270 e. The van der Waals surface area contributed by atoms with E-state index in [2.05, 4.69) is 13.8 Å². The van der Waals surface area contributed by atoms with Gasteiger partial charge in [-0.2, -0.15) is 8.42 Å². The summed E-state index contributed by atoms with van der Waals surface area (Å²) in [7, 11) is -3.32. The van der Waals surface area contributed by atoms with Gasteiger partial charge in [-0.1, -0.05) is 232 Å². The topological polar surface area (TPSA) is 43.4 Å². The Labute approximate surface area is 279 Å². The molecule has 0 aliphatic carbocycles. The van der Waals surface area contributed by atoms with Crippen LogP contribution in [0.2, 0.25) is 0 Å². The van der Waals surface area contributed by atoms with Crippen molar-refractivity contribution < 1.29 is 12.6 Å². The summed E-state index contributed by atoms with van der Waals surface area (Å²) in [6.45, 7) is 4.93. The highest BCUT2D eigenvalue weighted by atomic mass is 32.2. The monoisotopic (exact) mass is 643 g/mol. The van der Waals surface area contributed by atoms with Crippen molar-refractivity contribution in [2.45, 2.75) is 245 Å². The standard InChI is InChI=1S/C40H82O3S/c1-3-5-7-9-11-13-15-16-17-18-19-20-21-22-23-24-25-26-27-28-29-31-33-35-37-39-43-44(41,42)40-38-36-34-32-30-14-12-10-8-6-4-2/h3-40H2,1-2H3. The molecule has 0 aliphatic heterocycles. The second kappa shape index (κ2) is 37.4. The van der Waals surface area contributed by atoms with Crippen LogP contribution in [-0.2, 0) is 14.3 Å². The van der Waals surface area contributed by atoms with E-state index in [-0.39, 0.29) is 5.75 Å². The summed E-state index contributed by atoms with van der Waals surface area (Å²) in [6.07, 6.45) is 48.2. The number of hydrogen-bond donors (Lipinski definition) is 0. The molecule has 0 atom stereocenters. The molecule has 4 heteroatoms. The van der Waals surface area contributed by atoms with Crippen LogP contribution in [0.25, 0.3) is 0 Å². The van der Waals surface area contributed by atoms with E-state index in [4.69, 9.17) is 4.18 Å². The maximum atomic E-state index is 12.1. The van der Waals surface area contributed by atoms with Gasteiger partial charge in [0.25, 0.3) is 10.1 Å². The first kappa shape index (κ1) is 43.9. The SMILES string of the molecule is CCCCCCCCCCCCCCCCCCCCCCCCCCCOS(=O)(=O)CCCCCCCCCCCCC. The van der Waals surface area contributed by atoms with Crippen LogP contribution >= 0.6 is 0 Å². The van der Waals surface area contributed by atoms with Crippen molar-refractivity contribution in [1.29, 1.82) is 0 Å². The molecule has 0 radical (unpaired) electrons. The molecule has 3 nitrogen and oxygen atoms in total. The maximum Gasteiger partial charge on any atom is 0.267 e. The van der Waals surface area contributed by atoms with Crippen molar-refractivity contribution >= 4 is 10.1 Å². The van der Waals surface area contributed by atoms with Gasteiger partial charge >= 0.3 is 0 Å². The van der Waals surface area contributed by atoms with Gasteiger partial charge in [0.2, 0.25) is 0 Å². The molecule has 266 valence electrons. The van der Waals surface area contributed by atoms with Crippen LogP contribution in [0.4, 0.5) is 0 Å². The largest absolute Gasteiger partial charge is 0.270 e. The molecule has 0 amide bonds. The zero-order valence-corrected chi connectivity index (χ0v) is 31.3. The van der Waals surface area contributed by atoms with Crippen LogP contribution in [-0.4, -0.2) is 20.8 Å². The zero-order valence-electron chi connectivity index (χ0n) is 30.5. The number of hydrogen-bond acceptors (Lipinski definition) is 3. The lowest BCUT2D eigenvalue weighted by atomic mass is 10.0. The molecular weight excluding hydrogens is 561 g/mol. The van der Waals surface area contributed by atoms with E-state index < -0.39 is 10.1 Å². The van der Waals surface area contributed by atoms with Gasteiger partial charge in [0.15, 0.2) is 0 Å². The molecule has 0 saturated carbocycles. The van der Waals surface area contributed by atoms with Crippen LogP contribution in [0.15, 0.2) is 0 Å². The van der Waals surface area contributed by atoms with Gasteiger partial charge < -0.3 is 0 Å². The first-order chi connectivity index (χ1) is 21.6. The molecule has 0 rings (SSSR count). The molecular formula is C40H82O3S. The summed E-state index contributed by atoms with van der Waals surface area (Å²) >= 11 is 0. The van der Waals surface area contributed by atoms with Crippen molar-refractivity contribution in [3.8, 4) is 0 Å². The number of rotatable bonds is 39. The summed E-state index contributed by atoms with van der Waals surface area (Å²) in [4.78, 5) is 0. The zero-order chi connectivity index (χ0) is 32.1. The van der Waals surface area contributed by atoms with Gasteiger partial charge in [0.1, 0.15) is 0 Å². The Morgan fingerprint density at radius 3 is 0.750 bits per heavy atom. The van der Waals surface area contributed by atoms with Gasteiger partial charge in [-0.25, -0.2) is 0 Å². The maximum absolute atomic E-state index is 12.1. The van der Waals surface area contributed by atoms with E-state index in [0.29, 0.717) is 6.61 Å². The Morgan fingerprint density at radius 1 is 0.295 bits per heavy atom. The highest BCUT2D eigenvalue weighted by Gasteiger charge is 2.10. The third kappa shape index (κ3) is 38.1. The summed E-state index contributed by atoms with van der Waals surface area (Å²) in [5.41, 5.74) is 0. The van der Waals surface area contributed by atoms with E-state index in [1.807, 2.05) is 0 Å². The van der Waals surface area contributed by atoms with Crippen LogP contribution in [0.3, 0.4) is 0 Å². The molecule has 0 aromatic rings. The first-order valence-electron chi connectivity index (χ1n) is 20.5. The molecule has 0 fully saturated rings. The van der Waals surface area contributed by atoms with Crippen LogP contribution in [0, 0.1) is 0 Å². The van der Waals surface area contributed by atoms with E-state index >= 15 is 0 Å². The third-order valence-corrected chi connectivity index (χ3v) is 10.8. The lowest BCUT2D eigenvalue weighted by Gasteiger charge is -2.06. The van der Waals surface area contributed by atoms with E-state index in [9.17, 15) is 8.42 Å². The second-order valence-electron chi connectivity index (χ2n) is 14.1. The Hall–Kier alpha value is -0.0900. The minimum atomic E-state index is -3.32. The Bertz CT molecular complexity index is 618. The van der Waals surface area contributed by atoms with Crippen LogP contribution < -0.4 is 0 Å². The first-order valence-corrected chi connectivity index (χ1v) is 22.1. The van der Waals surface area contributed by atoms with Crippen molar-refractivity contribution in [2.24, 2.45) is 0 Å². The van der Waals surface area contributed by atoms with E-state index in [0.717, 1.165) is 32.1 Å². The predicted octanol–water partition coefficient (Wildman–Crippen LogP) is 14.4. The van der Waals surface area contributed by atoms with Gasteiger partial charge in [-0.05, 0) is 12.8 Å². The molecule has 0 heterocycles. The van der Waals surface area contributed by atoms with E-state index in [1.165, 1.54) is 199 Å². The fourth-order valence-corrected chi connectivity index (χ4v) is 7.48. The van der Waals surface area contributed by atoms with Crippen molar-refractivity contribution in [3.63, 3.8) is 0 Å². The lowest BCUT2D eigenvalue weighted by Crippen LogP contribution is -2.11. The Morgan fingerprint density at radius 2 is 0.500 bits per heavy atom. The average Bonchev–Trinajstić information content (AvgIpc) is 3.01. The summed E-state index contributed by atoms with van der Waals surface area (Å²) < 4.78 is 29.5. The summed E-state index contributed by atoms with van der Waals surface area (Å²) in [5, 5.41) is 0.